The molecule has 0 radical (unpaired) electrons. The van der Waals surface area contributed by atoms with Gasteiger partial charge < -0.3 is 10.1 Å². The molecule has 1 unspecified atom stereocenters. The first kappa shape index (κ1) is 13.2. The van der Waals surface area contributed by atoms with Crippen LogP contribution in [-0.2, 0) is 11.3 Å². The third kappa shape index (κ3) is 4.33. The molecule has 0 aromatic carbocycles. The molecule has 1 aromatic rings. The highest BCUT2D eigenvalue weighted by Crippen LogP contribution is 2.04. The van der Waals surface area contributed by atoms with E-state index in [-0.39, 0.29) is 0 Å². The fourth-order valence-electron chi connectivity index (χ4n) is 1.39. The number of rotatable bonds is 7. The Morgan fingerprint density at radius 2 is 2.19 bits per heavy atom. The maximum absolute atomic E-state index is 5.34. The van der Waals surface area contributed by atoms with Crippen LogP contribution >= 0.6 is 0 Å². The van der Waals surface area contributed by atoms with Crippen molar-refractivity contribution in [2.24, 2.45) is 0 Å². The topological polar surface area (TPSA) is 39.1 Å². The summed E-state index contributed by atoms with van der Waals surface area (Å²) in [6.45, 7) is 10.7. The standard InChI is InChI=1S/C12H23N3O/c1-5-16-9-11(4)13-8-12-6-7-15(14-12)10(2)3/h6-7,10-11,13H,5,8-9H2,1-4H3. The zero-order valence-electron chi connectivity index (χ0n) is 10.7. The van der Waals surface area contributed by atoms with Crippen molar-refractivity contribution < 1.29 is 4.74 Å². The van der Waals surface area contributed by atoms with Gasteiger partial charge in [0.2, 0.25) is 0 Å². The molecule has 0 amide bonds. The largest absolute Gasteiger partial charge is 0.380 e. The van der Waals surface area contributed by atoms with Crippen LogP contribution in [-0.4, -0.2) is 29.0 Å². The highest BCUT2D eigenvalue weighted by Gasteiger charge is 2.04. The van der Waals surface area contributed by atoms with Gasteiger partial charge in [0.25, 0.3) is 0 Å². The number of ether oxygens (including phenoxy) is 1. The molecule has 0 fully saturated rings. The summed E-state index contributed by atoms with van der Waals surface area (Å²) >= 11 is 0. The molecule has 16 heavy (non-hydrogen) atoms. The van der Waals surface area contributed by atoms with Crippen LogP contribution in [0.25, 0.3) is 0 Å². The molecule has 1 atom stereocenters. The minimum absolute atomic E-state index is 0.365. The van der Waals surface area contributed by atoms with Crippen molar-refractivity contribution in [3.05, 3.63) is 18.0 Å². The van der Waals surface area contributed by atoms with E-state index in [2.05, 4.69) is 37.3 Å². The van der Waals surface area contributed by atoms with Crippen molar-refractivity contribution >= 4 is 0 Å². The minimum atomic E-state index is 0.365. The van der Waals surface area contributed by atoms with E-state index in [9.17, 15) is 0 Å². The highest BCUT2D eigenvalue weighted by atomic mass is 16.5. The Labute approximate surface area is 98.0 Å². The van der Waals surface area contributed by atoms with Crippen LogP contribution < -0.4 is 5.32 Å². The van der Waals surface area contributed by atoms with Crippen molar-refractivity contribution in [2.75, 3.05) is 13.2 Å². The molecule has 1 N–H and O–H groups in total. The summed E-state index contributed by atoms with van der Waals surface area (Å²) in [6.07, 6.45) is 2.02. The Balaban J connectivity index is 2.31. The summed E-state index contributed by atoms with van der Waals surface area (Å²) in [5.74, 6) is 0. The summed E-state index contributed by atoms with van der Waals surface area (Å²) < 4.78 is 7.32. The second-order valence-electron chi connectivity index (χ2n) is 4.32. The van der Waals surface area contributed by atoms with Crippen LogP contribution in [0.1, 0.15) is 39.4 Å². The van der Waals surface area contributed by atoms with Crippen molar-refractivity contribution in [1.82, 2.24) is 15.1 Å². The van der Waals surface area contributed by atoms with Gasteiger partial charge in [-0.05, 0) is 33.8 Å². The van der Waals surface area contributed by atoms with Crippen LogP contribution in [0.4, 0.5) is 0 Å². The molecule has 92 valence electrons. The van der Waals surface area contributed by atoms with Crippen LogP contribution in [0.2, 0.25) is 0 Å². The summed E-state index contributed by atoms with van der Waals surface area (Å²) in [5.41, 5.74) is 1.08. The molecule has 0 bridgehead atoms. The smallest absolute Gasteiger partial charge is 0.0762 e. The lowest BCUT2D eigenvalue weighted by Gasteiger charge is -2.12. The molecular weight excluding hydrogens is 202 g/mol. The number of hydrogen-bond donors (Lipinski definition) is 1. The molecule has 0 spiro atoms. The Kier molecular flexibility index (Phi) is 5.49. The number of nitrogens with one attached hydrogen (secondary N) is 1. The van der Waals surface area contributed by atoms with Gasteiger partial charge in [0, 0.05) is 31.4 Å². The van der Waals surface area contributed by atoms with E-state index < -0.39 is 0 Å². The van der Waals surface area contributed by atoms with Crippen LogP contribution in [0.15, 0.2) is 12.3 Å². The molecular formula is C12H23N3O. The summed E-state index contributed by atoms with van der Waals surface area (Å²) in [7, 11) is 0. The van der Waals surface area contributed by atoms with Crippen molar-refractivity contribution in [2.45, 2.75) is 46.3 Å². The Morgan fingerprint density at radius 3 is 2.75 bits per heavy atom. The van der Waals surface area contributed by atoms with E-state index in [1.54, 1.807) is 0 Å². The maximum Gasteiger partial charge on any atom is 0.0762 e. The first-order chi connectivity index (χ1) is 7.63. The number of aromatic nitrogens is 2. The second-order valence-corrected chi connectivity index (χ2v) is 4.32. The molecule has 4 nitrogen and oxygen atoms in total. The quantitative estimate of drug-likeness (QED) is 0.771. The zero-order chi connectivity index (χ0) is 12.0. The van der Waals surface area contributed by atoms with Gasteiger partial charge >= 0.3 is 0 Å². The SMILES string of the molecule is CCOCC(C)NCc1ccn(C(C)C)n1. The normalized spacial score (nSPS) is 13.3. The zero-order valence-corrected chi connectivity index (χ0v) is 10.7. The van der Waals surface area contributed by atoms with Gasteiger partial charge in [0.1, 0.15) is 0 Å². The molecule has 0 aliphatic heterocycles. The number of hydrogen-bond acceptors (Lipinski definition) is 3. The monoisotopic (exact) mass is 225 g/mol. The number of nitrogens with zero attached hydrogens (tertiary/aromatic N) is 2. The van der Waals surface area contributed by atoms with Gasteiger partial charge in [0.15, 0.2) is 0 Å². The van der Waals surface area contributed by atoms with Gasteiger partial charge in [-0.3, -0.25) is 4.68 Å². The lowest BCUT2D eigenvalue weighted by molar-refractivity contribution is 0.127. The molecule has 0 aliphatic carbocycles. The first-order valence-electron chi connectivity index (χ1n) is 5.98. The van der Waals surface area contributed by atoms with Gasteiger partial charge in [-0.15, -0.1) is 0 Å². The predicted octanol–water partition coefficient (Wildman–Crippen LogP) is 1.98. The maximum atomic E-state index is 5.34. The van der Waals surface area contributed by atoms with E-state index in [0.717, 1.165) is 25.5 Å². The molecule has 4 heteroatoms. The molecule has 0 saturated carbocycles. The van der Waals surface area contributed by atoms with Crippen molar-refractivity contribution in [1.29, 1.82) is 0 Å². The summed E-state index contributed by atoms with van der Waals surface area (Å²) in [6, 6.07) is 2.85. The van der Waals surface area contributed by atoms with Gasteiger partial charge in [-0.25, -0.2) is 0 Å². The minimum Gasteiger partial charge on any atom is -0.380 e. The summed E-state index contributed by atoms with van der Waals surface area (Å²) in [4.78, 5) is 0. The highest BCUT2D eigenvalue weighted by molar-refractivity contribution is 4.99. The third-order valence-corrected chi connectivity index (χ3v) is 2.40. The lowest BCUT2D eigenvalue weighted by Crippen LogP contribution is -2.30. The van der Waals surface area contributed by atoms with E-state index in [1.165, 1.54) is 0 Å². The fraction of sp³-hybridized carbons (Fsp3) is 0.750. The Bertz CT molecular complexity index is 296. The van der Waals surface area contributed by atoms with E-state index in [4.69, 9.17) is 4.74 Å². The first-order valence-corrected chi connectivity index (χ1v) is 5.98. The van der Waals surface area contributed by atoms with Gasteiger partial charge in [0.05, 0.1) is 12.3 Å². The van der Waals surface area contributed by atoms with E-state index >= 15 is 0 Å². The van der Waals surface area contributed by atoms with E-state index in [0.29, 0.717) is 12.1 Å². The summed E-state index contributed by atoms with van der Waals surface area (Å²) in [5, 5.41) is 7.86. The molecule has 1 aromatic heterocycles. The predicted molar refractivity (Wildman–Crippen MR) is 65.4 cm³/mol. The van der Waals surface area contributed by atoms with E-state index in [1.807, 2.05) is 17.8 Å². The van der Waals surface area contributed by atoms with Crippen molar-refractivity contribution in [3.8, 4) is 0 Å². The third-order valence-electron chi connectivity index (χ3n) is 2.40. The molecule has 1 rings (SSSR count). The Morgan fingerprint density at radius 1 is 1.44 bits per heavy atom. The Hall–Kier alpha value is -0.870. The average molecular weight is 225 g/mol. The van der Waals surface area contributed by atoms with Crippen molar-refractivity contribution in [3.63, 3.8) is 0 Å². The molecule has 1 heterocycles. The van der Waals surface area contributed by atoms with Crippen LogP contribution in [0, 0.1) is 0 Å². The average Bonchev–Trinajstić information content (AvgIpc) is 2.72. The van der Waals surface area contributed by atoms with Crippen LogP contribution in [0.3, 0.4) is 0 Å². The second kappa shape index (κ2) is 6.66. The lowest BCUT2D eigenvalue weighted by atomic mass is 10.3. The van der Waals surface area contributed by atoms with Gasteiger partial charge in [-0.1, -0.05) is 0 Å². The molecule has 0 aliphatic rings. The van der Waals surface area contributed by atoms with Gasteiger partial charge in [-0.2, -0.15) is 5.10 Å². The fourth-order valence-corrected chi connectivity index (χ4v) is 1.39. The van der Waals surface area contributed by atoms with Crippen LogP contribution in [0.5, 0.6) is 0 Å². The molecule has 0 saturated heterocycles.